The van der Waals surface area contributed by atoms with Gasteiger partial charge in [0.1, 0.15) is 11.2 Å². The number of rotatable bonds is 3. The standard InChI is InChI=1S/C37H26N2O3S/c1-23-15-20-31(25-16-19-30-29-12-6-8-14-34(29)43(40,41)35(30)22-25)38-37(39-36(23)24-9-3-2-4-10-24)26-17-18-28-27-11-5-7-13-32(27)42-33(28)21-26/h2-14,16-23H,15H2,1H3/b31-20+,38-37?,39-36?. The molecule has 0 radical (unpaired) electrons. The molecule has 6 aromatic rings. The largest absolute Gasteiger partial charge is 0.456 e. The van der Waals surface area contributed by atoms with Gasteiger partial charge in [-0.05, 0) is 42.3 Å². The number of benzene rings is 5. The minimum Gasteiger partial charge on any atom is -0.456 e. The van der Waals surface area contributed by atoms with E-state index in [1.165, 1.54) is 0 Å². The molecule has 0 spiro atoms. The van der Waals surface area contributed by atoms with Crippen LogP contribution in [0.4, 0.5) is 0 Å². The van der Waals surface area contributed by atoms with Crippen LogP contribution >= 0.6 is 0 Å². The van der Waals surface area contributed by atoms with E-state index in [9.17, 15) is 8.42 Å². The molecule has 3 heterocycles. The van der Waals surface area contributed by atoms with E-state index >= 15 is 0 Å². The molecule has 0 aliphatic carbocycles. The Morgan fingerprint density at radius 3 is 2.26 bits per heavy atom. The van der Waals surface area contributed by atoms with Gasteiger partial charge in [-0.15, -0.1) is 0 Å². The highest BCUT2D eigenvalue weighted by Crippen LogP contribution is 2.44. The quantitative estimate of drug-likeness (QED) is 0.210. The first kappa shape index (κ1) is 25.6. The Hall–Kier alpha value is -5.07. The molecule has 0 fully saturated rings. The van der Waals surface area contributed by atoms with Gasteiger partial charge in [-0.3, -0.25) is 0 Å². The van der Waals surface area contributed by atoms with Crippen molar-refractivity contribution in [3.63, 3.8) is 0 Å². The summed E-state index contributed by atoms with van der Waals surface area (Å²) >= 11 is 0. The zero-order valence-electron chi connectivity index (χ0n) is 23.4. The van der Waals surface area contributed by atoms with Gasteiger partial charge >= 0.3 is 0 Å². The van der Waals surface area contributed by atoms with Crippen molar-refractivity contribution in [3.05, 3.63) is 138 Å². The normalized spacial score (nSPS) is 18.6. The van der Waals surface area contributed by atoms with E-state index in [1.54, 1.807) is 18.2 Å². The topological polar surface area (TPSA) is 72.0 Å². The average Bonchev–Trinajstić information content (AvgIpc) is 3.51. The Balaban J connectivity index is 1.31. The summed E-state index contributed by atoms with van der Waals surface area (Å²) in [6, 6.07) is 37.0. The van der Waals surface area contributed by atoms with Crippen molar-refractivity contribution in [2.75, 3.05) is 0 Å². The van der Waals surface area contributed by atoms with Crippen molar-refractivity contribution in [1.29, 1.82) is 0 Å². The van der Waals surface area contributed by atoms with Gasteiger partial charge in [0.25, 0.3) is 0 Å². The Morgan fingerprint density at radius 2 is 1.37 bits per heavy atom. The number of hydrogen-bond donors (Lipinski definition) is 0. The van der Waals surface area contributed by atoms with E-state index < -0.39 is 9.84 Å². The van der Waals surface area contributed by atoms with Crippen LogP contribution in [0.25, 0.3) is 38.8 Å². The van der Waals surface area contributed by atoms with Crippen LogP contribution in [0.15, 0.2) is 146 Å². The molecular formula is C37H26N2O3S. The highest BCUT2D eigenvalue weighted by Gasteiger charge is 2.33. The minimum absolute atomic E-state index is 0.0975. The summed E-state index contributed by atoms with van der Waals surface area (Å²) < 4.78 is 33.2. The maximum absolute atomic E-state index is 13.5. The maximum Gasteiger partial charge on any atom is 0.207 e. The Bertz CT molecular complexity index is 2290. The summed E-state index contributed by atoms with van der Waals surface area (Å²) in [6.45, 7) is 2.16. The van der Waals surface area contributed by atoms with Crippen molar-refractivity contribution >= 4 is 49.0 Å². The number of nitrogens with zero attached hydrogens (tertiary/aromatic N) is 2. The second-order valence-corrected chi connectivity index (χ2v) is 12.9. The van der Waals surface area contributed by atoms with Crippen LogP contribution in [0.1, 0.15) is 30.0 Å². The Labute approximate surface area is 249 Å². The highest BCUT2D eigenvalue weighted by atomic mass is 32.2. The molecule has 0 saturated heterocycles. The van der Waals surface area contributed by atoms with Gasteiger partial charge < -0.3 is 4.42 Å². The summed E-state index contributed by atoms with van der Waals surface area (Å²) in [6.07, 6.45) is 2.80. The van der Waals surface area contributed by atoms with Gasteiger partial charge in [0.05, 0.1) is 21.2 Å². The van der Waals surface area contributed by atoms with Gasteiger partial charge in [0.15, 0.2) is 5.84 Å². The number of amidine groups is 1. The molecule has 5 aromatic carbocycles. The second-order valence-electron chi connectivity index (χ2n) is 11.0. The van der Waals surface area contributed by atoms with Crippen LogP contribution in [0, 0.1) is 5.92 Å². The lowest BCUT2D eigenvalue weighted by Gasteiger charge is -2.18. The molecule has 2 aliphatic heterocycles. The summed E-state index contributed by atoms with van der Waals surface area (Å²) in [7, 11) is -3.62. The first-order valence-electron chi connectivity index (χ1n) is 14.3. The molecule has 8 rings (SSSR count). The van der Waals surface area contributed by atoms with E-state index in [4.69, 9.17) is 14.4 Å². The van der Waals surface area contributed by atoms with Crippen LogP contribution in [-0.2, 0) is 9.84 Å². The maximum atomic E-state index is 13.5. The number of allylic oxidation sites excluding steroid dienone is 1. The molecule has 1 unspecified atom stereocenters. The van der Waals surface area contributed by atoms with Crippen molar-refractivity contribution in [2.45, 2.75) is 23.1 Å². The third-order valence-electron chi connectivity index (χ3n) is 8.32. The predicted molar refractivity (Wildman–Crippen MR) is 172 cm³/mol. The minimum atomic E-state index is -3.62. The van der Waals surface area contributed by atoms with Gasteiger partial charge in [-0.25, -0.2) is 18.4 Å². The van der Waals surface area contributed by atoms with Gasteiger partial charge in [0, 0.05) is 38.9 Å². The molecule has 0 N–H and O–H groups in total. The zero-order chi connectivity index (χ0) is 29.1. The summed E-state index contributed by atoms with van der Waals surface area (Å²) in [5.41, 5.74) is 7.31. The lowest BCUT2D eigenvalue weighted by Crippen LogP contribution is -2.17. The second kappa shape index (κ2) is 9.75. The first-order chi connectivity index (χ1) is 21.0. The Morgan fingerprint density at radius 1 is 0.651 bits per heavy atom. The predicted octanol–water partition coefficient (Wildman–Crippen LogP) is 8.72. The van der Waals surface area contributed by atoms with Crippen LogP contribution in [0.5, 0.6) is 0 Å². The molecule has 1 atom stereocenters. The van der Waals surface area contributed by atoms with Gasteiger partial charge in [-0.2, -0.15) is 0 Å². The summed E-state index contributed by atoms with van der Waals surface area (Å²) in [5.74, 6) is 0.644. The number of aliphatic imine (C=N–C) groups is 2. The van der Waals surface area contributed by atoms with E-state index in [-0.39, 0.29) is 5.92 Å². The molecular weight excluding hydrogens is 552 g/mol. The molecule has 0 amide bonds. The van der Waals surface area contributed by atoms with Crippen LogP contribution in [0.3, 0.4) is 0 Å². The van der Waals surface area contributed by atoms with Crippen molar-refractivity contribution in [2.24, 2.45) is 15.9 Å². The van der Waals surface area contributed by atoms with Crippen LogP contribution < -0.4 is 0 Å². The monoisotopic (exact) mass is 578 g/mol. The third-order valence-corrected chi connectivity index (χ3v) is 10.2. The average molecular weight is 579 g/mol. The molecule has 2 aliphatic rings. The van der Waals surface area contributed by atoms with E-state index in [0.717, 1.165) is 55.5 Å². The van der Waals surface area contributed by atoms with E-state index in [0.29, 0.717) is 27.7 Å². The molecule has 1 aromatic heterocycles. The summed E-state index contributed by atoms with van der Waals surface area (Å²) in [4.78, 5) is 11.0. The number of furan rings is 1. The molecule has 0 bridgehead atoms. The zero-order valence-corrected chi connectivity index (χ0v) is 24.2. The number of hydrogen-bond acceptors (Lipinski definition) is 5. The third kappa shape index (κ3) is 4.17. The van der Waals surface area contributed by atoms with Crippen LogP contribution in [-0.4, -0.2) is 20.0 Å². The molecule has 208 valence electrons. The Kier molecular flexibility index (Phi) is 5.81. The molecule has 0 saturated carbocycles. The first-order valence-corrected chi connectivity index (χ1v) is 15.8. The number of para-hydroxylation sites is 1. The lowest BCUT2D eigenvalue weighted by atomic mass is 9.93. The highest BCUT2D eigenvalue weighted by molar-refractivity contribution is 7.92. The van der Waals surface area contributed by atoms with E-state index in [1.807, 2.05) is 72.8 Å². The summed E-state index contributed by atoms with van der Waals surface area (Å²) in [5, 5.41) is 2.09. The van der Waals surface area contributed by atoms with Crippen molar-refractivity contribution in [1.82, 2.24) is 0 Å². The number of sulfone groups is 1. The fourth-order valence-corrected chi connectivity index (χ4v) is 7.82. The molecule has 5 nitrogen and oxygen atoms in total. The van der Waals surface area contributed by atoms with Crippen LogP contribution in [0.2, 0.25) is 0 Å². The fraction of sp³-hybridized carbons (Fsp3) is 0.0811. The number of fused-ring (bicyclic) bond motifs is 6. The SMILES string of the molecule is CC1C/C=C(\c2ccc3c(c2)S(=O)(=O)c2ccccc2-3)N=C(c2ccc3c(c2)oc2ccccc23)N=C1c1ccccc1. The van der Waals surface area contributed by atoms with Crippen molar-refractivity contribution in [3.8, 4) is 11.1 Å². The molecule has 43 heavy (non-hydrogen) atoms. The smallest absolute Gasteiger partial charge is 0.207 e. The lowest BCUT2D eigenvalue weighted by molar-refractivity contribution is 0.598. The van der Waals surface area contributed by atoms with Crippen molar-refractivity contribution < 1.29 is 12.8 Å². The molecule has 6 heteroatoms. The fourth-order valence-electron chi connectivity index (χ4n) is 6.11. The van der Waals surface area contributed by atoms with E-state index in [2.05, 4.69) is 37.3 Å². The van der Waals surface area contributed by atoms with Gasteiger partial charge in [0.2, 0.25) is 9.84 Å². The van der Waals surface area contributed by atoms with Gasteiger partial charge in [-0.1, -0.05) is 97.9 Å².